The number of nitrogens with zero attached hydrogens (tertiary/aromatic N) is 4. The standard InChI is InChI=1S/C20H18N6O2/c1-13-23-24-19-11-10-18(25-26(13)19)14-4-3-5-16(12-14)22-20(27)21-15-6-8-17(28-2)9-7-15/h3-12H,1-2H3,(H2,21,22,27). The Kier molecular flexibility index (Phi) is 4.59. The van der Waals surface area contributed by atoms with E-state index in [1.54, 1.807) is 35.9 Å². The first-order valence-electron chi connectivity index (χ1n) is 8.64. The Hall–Kier alpha value is -3.94. The fourth-order valence-electron chi connectivity index (χ4n) is 2.77. The molecule has 2 N–H and O–H groups in total. The summed E-state index contributed by atoms with van der Waals surface area (Å²) < 4.78 is 6.80. The lowest BCUT2D eigenvalue weighted by Gasteiger charge is -2.09. The van der Waals surface area contributed by atoms with Crippen LogP contribution in [0.25, 0.3) is 16.9 Å². The van der Waals surface area contributed by atoms with Crippen molar-refractivity contribution in [1.29, 1.82) is 0 Å². The van der Waals surface area contributed by atoms with Crippen LogP contribution in [0.1, 0.15) is 5.82 Å². The number of carbonyl (C=O) groups excluding carboxylic acids is 1. The summed E-state index contributed by atoms with van der Waals surface area (Å²) in [6, 6.07) is 18.0. The molecule has 2 aromatic heterocycles. The first-order chi connectivity index (χ1) is 13.6. The van der Waals surface area contributed by atoms with E-state index in [0.29, 0.717) is 22.8 Å². The van der Waals surface area contributed by atoms with Gasteiger partial charge in [0.15, 0.2) is 11.5 Å². The lowest BCUT2D eigenvalue weighted by atomic mass is 10.1. The van der Waals surface area contributed by atoms with Crippen molar-refractivity contribution in [1.82, 2.24) is 19.8 Å². The van der Waals surface area contributed by atoms with Crippen molar-refractivity contribution in [2.75, 3.05) is 17.7 Å². The number of nitrogens with one attached hydrogen (secondary N) is 2. The Bertz CT molecular complexity index is 1140. The molecule has 0 saturated heterocycles. The van der Waals surface area contributed by atoms with Gasteiger partial charge in [0.1, 0.15) is 5.75 Å². The van der Waals surface area contributed by atoms with Crippen molar-refractivity contribution in [2.24, 2.45) is 0 Å². The van der Waals surface area contributed by atoms with Crippen LogP contribution >= 0.6 is 0 Å². The van der Waals surface area contributed by atoms with Gasteiger partial charge in [-0.1, -0.05) is 12.1 Å². The molecule has 8 nitrogen and oxygen atoms in total. The Balaban J connectivity index is 1.50. The molecular formula is C20H18N6O2. The number of benzene rings is 2. The second-order valence-electron chi connectivity index (χ2n) is 6.12. The van der Waals surface area contributed by atoms with Crippen LogP contribution in [0.4, 0.5) is 16.2 Å². The van der Waals surface area contributed by atoms with E-state index < -0.39 is 0 Å². The lowest BCUT2D eigenvalue weighted by Crippen LogP contribution is -2.19. The summed E-state index contributed by atoms with van der Waals surface area (Å²) in [5.41, 5.74) is 3.65. The first kappa shape index (κ1) is 17.5. The summed E-state index contributed by atoms with van der Waals surface area (Å²) in [6.45, 7) is 1.85. The Labute approximate surface area is 161 Å². The monoisotopic (exact) mass is 374 g/mol. The largest absolute Gasteiger partial charge is 0.497 e. The maximum absolute atomic E-state index is 12.3. The fraction of sp³-hybridized carbons (Fsp3) is 0.100. The van der Waals surface area contributed by atoms with Gasteiger partial charge in [-0.2, -0.15) is 9.61 Å². The number of ether oxygens (including phenoxy) is 1. The summed E-state index contributed by atoms with van der Waals surface area (Å²) in [5.74, 6) is 1.44. The number of rotatable bonds is 4. The number of hydrogen-bond acceptors (Lipinski definition) is 5. The SMILES string of the molecule is COc1ccc(NC(=O)Nc2cccc(-c3ccc4nnc(C)n4n3)c2)cc1. The third-order valence-electron chi connectivity index (χ3n) is 4.18. The van der Waals surface area contributed by atoms with Crippen molar-refractivity contribution in [3.8, 4) is 17.0 Å². The molecule has 0 aliphatic heterocycles. The van der Waals surface area contributed by atoms with Crippen LogP contribution in [0, 0.1) is 6.92 Å². The highest BCUT2D eigenvalue weighted by Crippen LogP contribution is 2.22. The zero-order valence-electron chi connectivity index (χ0n) is 15.4. The van der Waals surface area contributed by atoms with Gasteiger partial charge in [-0.25, -0.2) is 4.79 Å². The molecule has 0 atom stereocenters. The number of methoxy groups -OCH3 is 1. The average Bonchev–Trinajstić information content (AvgIpc) is 3.09. The van der Waals surface area contributed by atoms with Crippen molar-refractivity contribution in [3.63, 3.8) is 0 Å². The first-order valence-corrected chi connectivity index (χ1v) is 8.64. The molecule has 0 aliphatic rings. The van der Waals surface area contributed by atoms with Crippen LogP contribution in [0.5, 0.6) is 5.75 Å². The van der Waals surface area contributed by atoms with Gasteiger partial charge < -0.3 is 15.4 Å². The average molecular weight is 374 g/mol. The molecular weight excluding hydrogens is 356 g/mol. The molecule has 2 heterocycles. The predicted molar refractivity (Wildman–Crippen MR) is 107 cm³/mol. The number of fused-ring (bicyclic) bond motifs is 1. The third-order valence-corrected chi connectivity index (χ3v) is 4.18. The van der Waals surface area contributed by atoms with Crippen LogP contribution in [0.15, 0.2) is 60.7 Å². The molecule has 0 spiro atoms. The predicted octanol–water partition coefficient (Wildman–Crippen LogP) is 3.75. The molecule has 2 aromatic carbocycles. The van der Waals surface area contributed by atoms with Gasteiger partial charge >= 0.3 is 6.03 Å². The molecule has 140 valence electrons. The lowest BCUT2D eigenvalue weighted by molar-refractivity contribution is 0.262. The van der Waals surface area contributed by atoms with E-state index in [1.807, 2.05) is 43.3 Å². The van der Waals surface area contributed by atoms with E-state index in [2.05, 4.69) is 25.9 Å². The Morgan fingerprint density at radius 3 is 2.54 bits per heavy atom. The van der Waals surface area contributed by atoms with E-state index >= 15 is 0 Å². The summed E-state index contributed by atoms with van der Waals surface area (Å²) >= 11 is 0. The normalized spacial score (nSPS) is 10.6. The van der Waals surface area contributed by atoms with Crippen LogP contribution in [-0.4, -0.2) is 33.0 Å². The van der Waals surface area contributed by atoms with Gasteiger partial charge in [-0.15, -0.1) is 10.2 Å². The molecule has 8 heteroatoms. The highest BCUT2D eigenvalue weighted by molar-refractivity contribution is 6.00. The third kappa shape index (κ3) is 3.61. The van der Waals surface area contributed by atoms with E-state index in [1.165, 1.54) is 0 Å². The van der Waals surface area contributed by atoms with E-state index in [9.17, 15) is 4.79 Å². The van der Waals surface area contributed by atoms with Gasteiger partial charge in [0, 0.05) is 16.9 Å². The van der Waals surface area contributed by atoms with Crippen LogP contribution in [0.3, 0.4) is 0 Å². The smallest absolute Gasteiger partial charge is 0.323 e. The summed E-state index contributed by atoms with van der Waals surface area (Å²) in [7, 11) is 1.60. The highest BCUT2D eigenvalue weighted by atomic mass is 16.5. The maximum Gasteiger partial charge on any atom is 0.323 e. The maximum atomic E-state index is 12.3. The van der Waals surface area contributed by atoms with Crippen LogP contribution < -0.4 is 15.4 Å². The van der Waals surface area contributed by atoms with E-state index in [-0.39, 0.29) is 6.03 Å². The quantitative estimate of drug-likeness (QED) is 0.567. The minimum absolute atomic E-state index is 0.333. The summed E-state index contributed by atoms with van der Waals surface area (Å²) in [5, 5.41) is 18.2. The van der Waals surface area contributed by atoms with Crippen LogP contribution in [0.2, 0.25) is 0 Å². The number of aromatic nitrogens is 4. The Morgan fingerprint density at radius 2 is 1.75 bits per heavy atom. The molecule has 0 aliphatic carbocycles. The zero-order valence-corrected chi connectivity index (χ0v) is 15.4. The van der Waals surface area contributed by atoms with Gasteiger partial charge in [-0.3, -0.25) is 0 Å². The summed E-state index contributed by atoms with van der Waals surface area (Å²) in [6.07, 6.45) is 0. The molecule has 2 amide bonds. The molecule has 0 saturated carbocycles. The Morgan fingerprint density at radius 1 is 0.964 bits per heavy atom. The molecule has 0 bridgehead atoms. The van der Waals surface area contributed by atoms with Gasteiger partial charge in [0.25, 0.3) is 0 Å². The topological polar surface area (TPSA) is 93.4 Å². The molecule has 0 radical (unpaired) electrons. The second kappa shape index (κ2) is 7.36. The van der Waals surface area contributed by atoms with Gasteiger partial charge in [-0.05, 0) is 55.5 Å². The van der Waals surface area contributed by atoms with Crippen molar-refractivity contribution >= 4 is 23.1 Å². The fourth-order valence-corrected chi connectivity index (χ4v) is 2.77. The van der Waals surface area contributed by atoms with Crippen LogP contribution in [-0.2, 0) is 0 Å². The minimum atomic E-state index is -0.333. The molecule has 0 unspecified atom stereocenters. The van der Waals surface area contributed by atoms with E-state index in [0.717, 1.165) is 17.0 Å². The molecule has 4 rings (SSSR count). The van der Waals surface area contributed by atoms with E-state index in [4.69, 9.17) is 4.74 Å². The number of carbonyl (C=O) groups is 1. The number of anilines is 2. The number of hydrogen-bond donors (Lipinski definition) is 2. The zero-order chi connectivity index (χ0) is 19.5. The number of aryl methyl sites for hydroxylation is 1. The molecule has 28 heavy (non-hydrogen) atoms. The summed E-state index contributed by atoms with van der Waals surface area (Å²) in [4.78, 5) is 12.3. The second-order valence-corrected chi connectivity index (χ2v) is 6.12. The van der Waals surface area contributed by atoms with Crippen molar-refractivity contribution in [2.45, 2.75) is 6.92 Å². The highest BCUT2D eigenvalue weighted by Gasteiger charge is 2.08. The molecule has 0 fully saturated rings. The number of amides is 2. The van der Waals surface area contributed by atoms with Crippen molar-refractivity contribution < 1.29 is 9.53 Å². The molecule has 4 aromatic rings. The van der Waals surface area contributed by atoms with Crippen molar-refractivity contribution in [3.05, 3.63) is 66.5 Å². The minimum Gasteiger partial charge on any atom is -0.497 e. The number of urea groups is 1. The van der Waals surface area contributed by atoms with Gasteiger partial charge in [0.2, 0.25) is 0 Å². The van der Waals surface area contributed by atoms with Gasteiger partial charge in [0.05, 0.1) is 12.8 Å².